The first-order chi connectivity index (χ1) is 16.0. The van der Waals surface area contributed by atoms with Crippen LogP contribution < -0.4 is 10.5 Å². The van der Waals surface area contributed by atoms with E-state index in [2.05, 4.69) is 4.98 Å². The van der Waals surface area contributed by atoms with Crippen LogP contribution in [0, 0.1) is 10.1 Å². The molecule has 1 aliphatic heterocycles. The molecule has 2 aliphatic rings. The number of nitrogens with zero attached hydrogens (tertiary/aromatic N) is 6. The highest BCUT2D eigenvalue weighted by Gasteiger charge is 2.29. The number of amides is 1. The number of hydrogen-bond acceptors (Lipinski definition) is 7. The molecule has 2 aromatic heterocycles. The van der Waals surface area contributed by atoms with Crippen LogP contribution in [-0.4, -0.2) is 56.4 Å². The van der Waals surface area contributed by atoms with Crippen molar-refractivity contribution in [3.05, 3.63) is 68.9 Å². The van der Waals surface area contributed by atoms with Gasteiger partial charge in [0.25, 0.3) is 11.2 Å². The van der Waals surface area contributed by atoms with E-state index in [-0.39, 0.29) is 23.2 Å². The van der Waals surface area contributed by atoms with Crippen molar-refractivity contribution < 1.29 is 9.72 Å². The van der Waals surface area contributed by atoms with Crippen molar-refractivity contribution in [3.8, 4) is 0 Å². The maximum atomic E-state index is 13.0. The summed E-state index contributed by atoms with van der Waals surface area (Å²) >= 11 is 0. The molecule has 1 amide bonds. The van der Waals surface area contributed by atoms with Gasteiger partial charge in [0.2, 0.25) is 5.91 Å². The van der Waals surface area contributed by atoms with Gasteiger partial charge in [0, 0.05) is 51.1 Å². The summed E-state index contributed by atoms with van der Waals surface area (Å²) in [5.74, 6) is 1.39. The van der Waals surface area contributed by atoms with Gasteiger partial charge in [-0.2, -0.15) is 0 Å². The number of carbonyl (C=O) groups is 1. The van der Waals surface area contributed by atoms with Gasteiger partial charge < -0.3 is 9.80 Å². The van der Waals surface area contributed by atoms with Crippen molar-refractivity contribution in [2.24, 2.45) is 0 Å². The number of fused-ring (bicyclic) bond motifs is 1. The standard InChI is InChI=1S/C23H24N6O4/c30-22(27-13-11-26(12-14-27)20-8-7-17(15-24-20)29(32)33)10-9-21-25-19-4-2-1-3-18(19)23(31)28(21)16-5-6-16/h1-4,7-8,15-16H,5-6,9-14H2. The molecule has 0 bridgehead atoms. The Morgan fingerprint density at radius 1 is 1.09 bits per heavy atom. The van der Waals surface area contributed by atoms with Crippen LogP contribution in [0.1, 0.15) is 31.1 Å². The third-order valence-electron chi connectivity index (χ3n) is 6.25. The normalized spacial score (nSPS) is 16.2. The Morgan fingerprint density at radius 2 is 1.85 bits per heavy atom. The molecule has 2 fully saturated rings. The van der Waals surface area contributed by atoms with E-state index in [9.17, 15) is 19.7 Å². The van der Waals surface area contributed by atoms with Crippen molar-refractivity contribution in [1.29, 1.82) is 0 Å². The molecule has 0 spiro atoms. The number of para-hydroxylation sites is 1. The predicted molar refractivity (Wildman–Crippen MR) is 122 cm³/mol. The van der Waals surface area contributed by atoms with Gasteiger partial charge in [0.15, 0.2) is 0 Å². The summed E-state index contributed by atoms with van der Waals surface area (Å²) in [5.41, 5.74) is 0.611. The first-order valence-corrected chi connectivity index (χ1v) is 11.1. The summed E-state index contributed by atoms with van der Waals surface area (Å²) in [6.07, 6.45) is 3.93. The molecule has 5 rings (SSSR count). The van der Waals surface area contributed by atoms with Crippen LogP contribution in [0.2, 0.25) is 0 Å². The minimum atomic E-state index is -0.472. The molecule has 3 heterocycles. The highest BCUT2D eigenvalue weighted by atomic mass is 16.6. The minimum Gasteiger partial charge on any atom is -0.353 e. The van der Waals surface area contributed by atoms with Gasteiger partial charge in [-0.25, -0.2) is 9.97 Å². The molecule has 0 N–H and O–H groups in total. The molecule has 1 saturated carbocycles. The molecule has 170 valence electrons. The van der Waals surface area contributed by atoms with Crippen molar-refractivity contribution in [2.75, 3.05) is 31.1 Å². The predicted octanol–water partition coefficient (Wildman–Crippen LogP) is 2.32. The molecule has 1 aromatic carbocycles. The maximum Gasteiger partial charge on any atom is 0.287 e. The van der Waals surface area contributed by atoms with E-state index in [1.54, 1.807) is 16.7 Å². The molecule has 0 unspecified atom stereocenters. The Balaban J connectivity index is 1.23. The number of pyridine rings is 1. The van der Waals surface area contributed by atoms with E-state index < -0.39 is 4.92 Å². The van der Waals surface area contributed by atoms with E-state index in [0.717, 1.165) is 12.8 Å². The summed E-state index contributed by atoms with van der Waals surface area (Å²) in [6.45, 7) is 2.32. The number of hydrogen-bond donors (Lipinski definition) is 0. The number of aryl methyl sites for hydroxylation is 1. The average molecular weight is 448 g/mol. The van der Waals surface area contributed by atoms with Crippen LogP contribution in [0.5, 0.6) is 0 Å². The Bertz CT molecular complexity index is 1260. The minimum absolute atomic E-state index is 0.0187. The smallest absolute Gasteiger partial charge is 0.287 e. The fraction of sp³-hybridized carbons (Fsp3) is 0.391. The summed E-state index contributed by atoms with van der Waals surface area (Å²) in [5, 5.41) is 11.4. The molecule has 10 heteroatoms. The van der Waals surface area contributed by atoms with E-state index in [1.165, 1.54) is 12.3 Å². The second kappa shape index (κ2) is 8.61. The van der Waals surface area contributed by atoms with Crippen LogP contribution in [0.15, 0.2) is 47.4 Å². The van der Waals surface area contributed by atoms with Crippen LogP contribution in [0.25, 0.3) is 10.9 Å². The largest absolute Gasteiger partial charge is 0.353 e. The van der Waals surface area contributed by atoms with Gasteiger partial charge in [-0.15, -0.1) is 0 Å². The molecule has 33 heavy (non-hydrogen) atoms. The third kappa shape index (κ3) is 4.28. The van der Waals surface area contributed by atoms with Gasteiger partial charge >= 0.3 is 0 Å². The maximum absolute atomic E-state index is 13.0. The summed E-state index contributed by atoms with van der Waals surface area (Å²) in [6, 6.07) is 10.6. The van der Waals surface area contributed by atoms with Gasteiger partial charge in [0.1, 0.15) is 17.8 Å². The fourth-order valence-electron chi connectivity index (χ4n) is 4.31. The number of carbonyl (C=O) groups excluding carboxylic acids is 1. The fourth-order valence-corrected chi connectivity index (χ4v) is 4.31. The number of nitro groups is 1. The zero-order valence-electron chi connectivity index (χ0n) is 18.1. The van der Waals surface area contributed by atoms with Gasteiger partial charge in [0.05, 0.1) is 15.8 Å². The topological polar surface area (TPSA) is 114 Å². The van der Waals surface area contributed by atoms with Gasteiger partial charge in [-0.05, 0) is 31.0 Å². The third-order valence-corrected chi connectivity index (χ3v) is 6.25. The Labute approximate surface area is 189 Å². The van der Waals surface area contributed by atoms with Gasteiger partial charge in [-0.1, -0.05) is 12.1 Å². The second-order valence-corrected chi connectivity index (χ2v) is 8.45. The summed E-state index contributed by atoms with van der Waals surface area (Å²) < 4.78 is 1.79. The number of anilines is 1. The quantitative estimate of drug-likeness (QED) is 0.420. The van der Waals surface area contributed by atoms with Crippen LogP contribution in [0.4, 0.5) is 11.5 Å². The van der Waals surface area contributed by atoms with E-state index >= 15 is 0 Å². The van der Waals surface area contributed by atoms with Crippen molar-refractivity contribution in [1.82, 2.24) is 19.4 Å². The molecule has 1 aliphatic carbocycles. The van der Waals surface area contributed by atoms with E-state index in [4.69, 9.17) is 4.98 Å². The van der Waals surface area contributed by atoms with Crippen molar-refractivity contribution in [3.63, 3.8) is 0 Å². The van der Waals surface area contributed by atoms with Crippen LogP contribution >= 0.6 is 0 Å². The molecule has 0 radical (unpaired) electrons. The number of rotatable bonds is 6. The molecule has 0 atom stereocenters. The molecule has 10 nitrogen and oxygen atoms in total. The lowest BCUT2D eigenvalue weighted by atomic mass is 10.2. The summed E-state index contributed by atoms with van der Waals surface area (Å²) in [4.78, 5) is 48.9. The molecule has 1 saturated heterocycles. The van der Waals surface area contributed by atoms with Crippen LogP contribution in [-0.2, 0) is 11.2 Å². The van der Waals surface area contributed by atoms with E-state index in [0.29, 0.717) is 61.6 Å². The Morgan fingerprint density at radius 3 is 2.52 bits per heavy atom. The van der Waals surface area contributed by atoms with Gasteiger partial charge in [-0.3, -0.25) is 24.3 Å². The Hall–Kier alpha value is -3.82. The first-order valence-electron chi connectivity index (χ1n) is 11.1. The average Bonchev–Trinajstić information content (AvgIpc) is 3.68. The number of aromatic nitrogens is 3. The first kappa shape index (κ1) is 21.0. The lowest BCUT2D eigenvalue weighted by Gasteiger charge is -2.35. The molecular formula is C23H24N6O4. The SMILES string of the molecule is O=C(CCc1nc2ccccc2c(=O)n1C1CC1)N1CCN(c2ccc([N+](=O)[O-])cn2)CC1. The lowest BCUT2D eigenvalue weighted by molar-refractivity contribution is -0.385. The monoisotopic (exact) mass is 448 g/mol. The second-order valence-electron chi connectivity index (χ2n) is 8.45. The Kier molecular flexibility index (Phi) is 5.49. The van der Waals surface area contributed by atoms with Crippen molar-refractivity contribution in [2.45, 2.75) is 31.7 Å². The zero-order valence-corrected chi connectivity index (χ0v) is 18.1. The molecule has 3 aromatic rings. The van der Waals surface area contributed by atoms with Crippen LogP contribution in [0.3, 0.4) is 0 Å². The van der Waals surface area contributed by atoms with E-state index in [1.807, 2.05) is 28.0 Å². The number of benzene rings is 1. The highest BCUT2D eigenvalue weighted by Crippen LogP contribution is 2.35. The van der Waals surface area contributed by atoms with Crippen molar-refractivity contribution >= 4 is 28.3 Å². The lowest BCUT2D eigenvalue weighted by Crippen LogP contribution is -2.49. The number of piperazine rings is 1. The summed E-state index contributed by atoms with van der Waals surface area (Å²) in [7, 11) is 0. The molecular weight excluding hydrogens is 424 g/mol. The highest BCUT2D eigenvalue weighted by molar-refractivity contribution is 5.78. The zero-order chi connectivity index (χ0) is 22.9.